The number of hydrogen-bond acceptors (Lipinski definition) is 5. The van der Waals surface area contributed by atoms with Crippen molar-refractivity contribution in [1.29, 1.82) is 0 Å². The fraction of sp³-hybridized carbons (Fsp3) is 1.00. The quantitative estimate of drug-likeness (QED) is 0.425. The zero-order valence-electron chi connectivity index (χ0n) is 6.61. The van der Waals surface area contributed by atoms with Crippen LogP contribution in [-0.4, -0.2) is 45.1 Å². The summed E-state index contributed by atoms with van der Waals surface area (Å²) in [6.45, 7) is -0.442. The number of hydrogen-bond donors (Lipinski definition) is 4. The molecule has 0 radical (unpaired) electrons. The molecule has 1 heterocycles. The lowest BCUT2D eigenvalue weighted by Gasteiger charge is -2.13. The standard InChI is InChI=1S/C5H11O7P/c6-3-1-5(7)12-4(3)2-11-13(8,9)10/h3-7H,1-2H2,(H2,8,9,10)/t3-,4+,5?/m0/s1. The highest BCUT2D eigenvalue weighted by atomic mass is 31.2. The number of rotatable bonds is 3. The van der Waals surface area contributed by atoms with Crippen LogP contribution in [0.15, 0.2) is 0 Å². The summed E-state index contributed by atoms with van der Waals surface area (Å²) >= 11 is 0. The van der Waals surface area contributed by atoms with Crippen molar-refractivity contribution >= 4 is 7.82 Å². The molecule has 78 valence electrons. The summed E-state index contributed by atoms with van der Waals surface area (Å²) in [5.74, 6) is 0. The highest BCUT2D eigenvalue weighted by molar-refractivity contribution is 7.46. The van der Waals surface area contributed by atoms with Crippen LogP contribution in [0.5, 0.6) is 0 Å². The molecule has 1 unspecified atom stereocenters. The molecular weight excluding hydrogens is 203 g/mol. The number of phosphoric ester groups is 1. The van der Waals surface area contributed by atoms with Gasteiger partial charge in [-0.05, 0) is 0 Å². The first-order valence-electron chi connectivity index (χ1n) is 3.60. The molecule has 0 bridgehead atoms. The highest BCUT2D eigenvalue weighted by Gasteiger charge is 2.34. The second-order valence-electron chi connectivity index (χ2n) is 2.72. The third kappa shape index (κ3) is 3.70. The maximum atomic E-state index is 10.2. The Hall–Kier alpha value is -0.0100. The van der Waals surface area contributed by atoms with E-state index < -0.39 is 32.9 Å². The molecule has 1 aliphatic heterocycles. The van der Waals surface area contributed by atoms with Crippen LogP contribution < -0.4 is 0 Å². The first-order valence-corrected chi connectivity index (χ1v) is 5.13. The predicted molar refractivity (Wildman–Crippen MR) is 39.5 cm³/mol. The van der Waals surface area contributed by atoms with E-state index in [1.807, 2.05) is 0 Å². The lowest BCUT2D eigenvalue weighted by atomic mass is 10.2. The fourth-order valence-corrected chi connectivity index (χ4v) is 1.37. The Kier molecular flexibility index (Phi) is 3.42. The van der Waals surface area contributed by atoms with Crippen molar-refractivity contribution in [1.82, 2.24) is 0 Å². The van der Waals surface area contributed by atoms with Crippen molar-refractivity contribution in [3.8, 4) is 0 Å². The minimum atomic E-state index is -4.54. The van der Waals surface area contributed by atoms with Gasteiger partial charge in [-0.2, -0.15) is 0 Å². The normalized spacial score (nSPS) is 35.2. The van der Waals surface area contributed by atoms with E-state index >= 15 is 0 Å². The maximum Gasteiger partial charge on any atom is 0.469 e. The van der Waals surface area contributed by atoms with Crippen LogP contribution >= 0.6 is 7.82 Å². The topological polar surface area (TPSA) is 116 Å². The zero-order valence-corrected chi connectivity index (χ0v) is 7.50. The van der Waals surface area contributed by atoms with E-state index in [-0.39, 0.29) is 6.42 Å². The summed E-state index contributed by atoms with van der Waals surface area (Å²) in [7, 11) is -4.54. The molecule has 8 heteroatoms. The van der Waals surface area contributed by atoms with Gasteiger partial charge in [-0.15, -0.1) is 0 Å². The van der Waals surface area contributed by atoms with Gasteiger partial charge in [0, 0.05) is 6.42 Å². The van der Waals surface area contributed by atoms with E-state index in [0.717, 1.165) is 0 Å². The van der Waals surface area contributed by atoms with Crippen LogP contribution in [0.2, 0.25) is 0 Å². The van der Waals surface area contributed by atoms with Crippen LogP contribution in [0.4, 0.5) is 0 Å². The van der Waals surface area contributed by atoms with Gasteiger partial charge in [0.05, 0.1) is 12.7 Å². The van der Waals surface area contributed by atoms with Gasteiger partial charge < -0.3 is 24.7 Å². The van der Waals surface area contributed by atoms with Crippen LogP contribution in [0, 0.1) is 0 Å². The van der Waals surface area contributed by atoms with Gasteiger partial charge in [0.2, 0.25) is 0 Å². The van der Waals surface area contributed by atoms with E-state index in [1.54, 1.807) is 0 Å². The Morgan fingerprint density at radius 2 is 2.08 bits per heavy atom. The third-order valence-corrected chi connectivity index (χ3v) is 2.10. The van der Waals surface area contributed by atoms with Gasteiger partial charge in [-0.25, -0.2) is 4.57 Å². The van der Waals surface area contributed by atoms with Gasteiger partial charge in [0.15, 0.2) is 6.29 Å². The van der Waals surface area contributed by atoms with E-state index in [1.165, 1.54) is 0 Å². The van der Waals surface area contributed by atoms with Gasteiger partial charge in [-0.1, -0.05) is 0 Å². The lowest BCUT2D eigenvalue weighted by Crippen LogP contribution is -2.25. The van der Waals surface area contributed by atoms with Crippen molar-refractivity contribution in [2.45, 2.75) is 24.9 Å². The van der Waals surface area contributed by atoms with E-state index in [0.29, 0.717) is 0 Å². The fourth-order valence-electron chi connectivity index (χ4n) is 1.03. The number of aliphatic hydroxyl groups is 2. The highest BCUT2D eigenvalue weighted by Crippen LogP contribution is 2.36. The van der Waals surface area contributed by atoms with Gasteiger partial charge in [-0.3, -0.25) is 4.52 Å². The Morgan fingerprint density at radius 1 is 1.46 bits per heavy atom. The summed E-state index contributed by atoms with van der Waals surface area (Å²) in [4.78, 5) is 16.6. The van der Waals surface area contributed by atoms with Crippen molar-refractivity contribution in [3.63, 3.8) is 0 Å². The molecule has 3 atom stereocenters. The predicted octanol–water partition coefficient (Wildman–Crippen LogP) is -1.44. The molecule has 1 saturated heterocycles. The molecule has 0 aromatic rings. The average Bonchev–Trinajstić information content (AvgIpc) is 2.24. The molecule has 1 rings (SSSR count). The summed E-state index contributed by atoms with van der Waals surface area (Å²) in [5.41, 5.74) is 0. The third-order valence-electron chi connectivity index (χ3n) is 1.61. The molecule has 4 N–H and O–H groups in total. The maximum absolute atomic E-state index is 10.2. The molecule has 0 aromatic heterocycles. The van der Waals surface area contributed by atoms with E-state index in [9.17, 15) is 4.57 Å². The number of ether oxygens (including phenoxy) is 1. The summed E-state index contributed by atoms with van der Waals surface area (Å²) in [6.07, 6.45) is -2.92. The lowest BCUT2D eigenvalue weighted by molar-refractivity contribution is -0.106. The van der Waals surface area contributed by atoms with E-state index in [4.69, 9.17) is 24.7 Å². The second kappa shape index (κ2) is 4.02. The van der Waals surface area contributed by atoms with Gasteiger partial charge >= 0.3 is 7.82 Å². The largest absolute Gasteiger partial charge is 0.469 e. The number of phosphoric acid groups is 1. The SMILES string of the molecule is O=P(O)(O)OC[C@H]1OC(O)C[C@@H]1O. The van der Waals surface area contributed by atoms with E-state index in [2.05, 4.69) is 4.52 Å². The Morgan fingerprint density at radius 3 is 2.46 bits per heavy atom. The van der Waals surface area contributed by atoms with Crippen molar-refractivity contribution in [2.24, 2.45) is 0 Å². The molecule has 0 amide bonds. The molecule has 0 saturated carbocycles. The Labute approximate surface area is 74.1 Å². The van der Waals surface area contributed by atoms with Crippen molar-refractivity contribution in [2.75, 3.05) is 6.61 Å². The summed E-state index contributed by atoms with van der Waals surface area (Å²) in [5, 5.41) is 18.0. The van der Waals surface area contributed by atoms with Crippen molar-refractivity contribution in [3.05, 3.63) is 0 Å². The molecule has 7 nitrogen and oxygen atoms in total. The minimum absolute atomic E-state index is 0.0230. The molecule has 1 fully saturated rings. The van der Waals surface area contributed by atoms with Crippen LogP contribution in [-0.2, 0) is 13.8 Å². The Bertz CT molecular complexity index is 213. The first kappa shape index (κ1) is 11.1. The second-order valence-corrected chi connectivity index (χ2v) is 3.96. The number of aliphatic hydroxyl groups excluding tert-OH is 2. The van der Waals surface area contributed by atoms with Crippen molar-refractivity contribution < 1.29 is 33.8 Å². The zero-order chi connectivity index (χ0) is 10.1. The first-order chi connectivity index (χ1) is 5.88. The van der Waals surface area contributed by atoms with Gasteiger partial charge in [0.25, 0.3) is 0 Å². The van der Waals surface area contributed by atoms with Crippen LogP contribution in [0.3, 0.4) is 0 Å². The minimum Gasteiger partial charge on any atom is -0.390 e. The average molecular weight is 214 g/mol. The summed E-state index contributed by atoms with van der Waals surface area (Å²) < 4.78 is 19.1. The molecule has 0 aliphatic carbocycles. The summed E-state index contributed by atoms with van der Waals surface area (Å²) in [6, 6.07) is 0. The molecule has 0 aromatic carbocycles. The molecule has 1 aliphatic rings. The smallest absolute Gasteiger partial charge is 0.390 e. The monoisotopic (exact) mass is 214 g/mol. The Balaban J connectivity index is 2.34. The van der Waals surface area contributed by atoms with Gasteiger partial charge in [0.1, 0.15) is 6.10 Å². The van der Waals surface area contributed by atoms with Crippen LogP contribution in [0.25, 0.3) is 0 Å². The molecule has 0 spiro atoms. The molecular formula is C5H11O7P. The van der Waals surface area contributed by atoms with Crippen LogP contribution in [0.1, 0.15) is 6.42 Å². The molecule has 13 heavy (non-hydrogen) atoms.